The highest BCUT2D eigenvalue weighted by Gasteiger charge is 2.19. The molecule has 1 fully saturated rings. The maximum absolute atomic E-state index is 6.25. The largest absolute Gasteiger partial charge is 0.385 e. The summed E-state index contributed by atoms with van der Waals surface area (Å²) in [6.07, 6.45) is 0.918. The summed E-state index contributed by atoms with van der Waals surface area (Å²) >= 11 is 6.25. The fourth-order valence-corrected chi connectivity index (χ4v) is 2.83. The van der Waals surface area contributed by atoms with Gasteiger partial charge in [-0.15, -0.1) is 0 Å². The highest BCUT2D eigenvalue weighted by molar-refractivity contribution is 6.33. The molecule has 1 aromatic rings. The second kappa shape index (κ2) is 7.84. The van der Waals surface area contributed by atoms with E-state index < -0.39 is 0 Å². The molecule has 4 nitrogen and oxygen atoms in total. The van der Waals surface area contributed by atoms with E-state index in [0.717, 1.165) is 56.5 Å². The Hall–Kier alpha value is -0.810. The first-order valence-electron chi connectivity index (χ1n) is 7.17. The third-order valence-corrected chi connectivity index (χ3v) is 4.07. The van der Waals surface area contributed by atoms with Gasteiger partial charge in [-0.25, -0.2) is 0 Å². The average molecular weight is 298 g/mol. The predicted octanol–water partition coefficient (Wildman–Crippen LogP) is 1.83. The van der Waals surface area contributed by atoms with Crippen LogP contribution in [-0.4, -0.2) is 57.4 Å². The molecule has 1 atom stereocenters. The van der Waals surface area contributed by atoms with Crippen LogP contribution in [0, 0.1) is 0 Å². The number of nitrogens with two attached hydrogens (primary N) is 1. The zero-order valence-corrected chi connectivity index (χ0v) is 12.9. The van der Waals surface area contributed by atoms with E-state index >= 15 is 0 Å². The molecule has 1 aliphatic heterocycles. The highest BCUT2D eigenvalue weighted by Crippen LogP contribution is 2.25. The van der Waals surface area contributed by atoms with Gasteiger partial charge >= 0.3 is 0 Å². The van der Waals surface area contributed by atoms with Gasteiger partial charge in [-0.3, -0.25) is 4.90 Å². The van der Waals surface area contributed by atoms with Crippen molar-refractivity contribution in [3.8, 4) is 0 Å². The fourth-order valence-electron chi connectivity index (χ4n) is 2.57. The molecule has 2 rings (SSSR count). The molecule has 0 spiro atoms. The number of ether oxygens (including phenoxy) is 1. The van der Waals surface area contributed by atoms with E-state index in [-0.39, 0.29) is 6.04 Å². The molecule has 1 saturated heterocycles. The van der Waals surface area contributed by atoms with Crippen LogP contribution in [0.2, 0.25) is 5.02 Å². The Morgan fingerprint density at radius 1 is 1.25 bits per heavy atom. The van der Waals surface area contributed by atoms with Crippen molar-refractivity contribution >= 4 is 17.3 Å². The number of nitrogens with zero attached hydrogens (tertiary/aromatic N) is 2. The zero-order valence-electron chi connectivity index (χ0n) is 12.1. The van der Waals surface area contributed by atoms with Crippen molar-refractivity contribution in [3.05, 3.63) is 29.3 Å². The SMILES string of the molecule is COCCC(N)CN1CCN(c2ccccc2Cl)CC1. The monoisotopic (exact) mass is 297 g/mol. The molecule has 2 N–H and O–H groups in total. The first kappa shape index (κ1) is 15.6. The van der Waals surface area contributed by atoms with Crippen LogP contribution in [0.3, 0.4) is 0 Å². The van der Waals surface area contributed by atoms with Crippen molar-refractivity contribution in [3.63, 3.8) is 0 Å². The summed E-state index contributed by atoms with van der Waals surface area (Å²) in [6.45, 7) is 5.75. The summed E-state index contributed by atoms with van der Waals surface area (Å²) < 4.78 is 5.07. The maximum Gasteiger partial charge on any atom is 0.0639 e. The third-order valence-electron chi connectivity index (χ3n) is 3.75. The Labute approximate surface area is 126 Å². The third kappa shape index (κ3) is 4.35. The second-order valence-electron chi connectivity index (χ2n) is 5.28. The first-order chi connectivity index (χ1) is 9.70. The molecule has 20 heavy (non-hydrogen) atoms. The van der Waals surface area contributed by atoms with Crippen molar-refractivity contribution in [2.45, 2.75) is 12.5 Å². The number of hydrogen-bond acceptors (Lipinski definition) is 4. The lowest BCUT2D eigenvalue weighted by Crippen LogP contribution is -2.50. The normalized spacial score (nSPS) is 18.2. The molecule has 0 saturated carbocycles. The standard InChI is InChI=1S/C15H24ClN3O/c1-20-11-6-13(17)12-18-7-9-19(10-8-18)15-5-3-2-4-14(15)16/h2-5,13H,6-12,17H2,1H3. The summed E-state index contributed by atoms with van der Waals surface area (Å²) in [4.78, 5) is 4.77. The predicted molar refractivity (Wildman–Crippen MR) is 84.6 cm³/mol. The zero-order chi connectivity index (χ0) is 14.4. The molecule has 112 valence electrons. The van der Waals surface area contributed by atoms with Crippen LogP contribution in [0.4, 0.5) is 5.69 Å². The van der Waals surface area contributed by atoms with Crippen LogP contribution in [0.1, 0.15) is 6.42 Å². The van der Waals surface area contributed by atoms with Crippen molar-refractivity contribution in [1.82, 2.24) is 4.90 Å². The molecule has 1 heterocycles. The summed E-state index contributed by atoms with van der Waals surface area (Å²) in [5.74, 6) is 0. The van der Waals surface area contributed by atoms with E-state index in [4.69, 9.17) is 22.1 Å². The Morgan fingerprint density at radius 2 is 1.95 bits per heavy atom. The number of methoxy groups -OCH3 is 1. The van der Waals surface area contributed by atoms with Crippen molar-refractivity contribution in [1.29, 1.82) is 0 Å². The molecule has 0 aliphatic carbocycles. The average Bonchev–Trinajstić information content (AvgIpc) is 2.47. The number of para-hydroxylation sites is 1. The van der Waals surface area contributed by atoms with E-state index in [1.54, 1.807) is 7.11 Å². The van der Waals surface area contributed by atoms with Gasteiger partial charge in [-0.1, -0.05) is 23.7 Å². The van der Waals surface area contributed by atoms with Gasteiger partial charge < -0.3 is 15.4 Å². The molecule has 1 aromatic carbocycles. The number of halogens is 1. The molecular weight excluding hydrogens is 274 g/mol. The number of rotatable bonds is 6. The van der Waals surface area contributed by atoms with Gasteiger partial charge in [0.05, 0.1) is 10.7 Å². The van der Waals surface area contributed by atoms with Crippen molar-refractivity contribution < 1.29 is 4.74 Å². The minimum absolute atomic E-state index is 0.196. The highest BCUT2D eigenvalue weighted by atomic mass is 35.5. The molecule has 0 aromatic heterocycles. The number of anilines is 1. The molecule has 1 unspecified atom stereocenters. The van der Waals surface area contributed by atoms with E-state index in [1.807, 2.05) is 18.2 Å². The lowest BCUT2D eigenvalue weighted by Gasteiger charge is -2.37. The number of benzene rings is 1. The molecule has 0 radical (unpaired) electrons. The molecular formula is C15H24ClN3O. The van der Waals surface area contributed by atoms with E-state index in [1.165, 1.54) is 0 Å². The lowest BCUT2D eigenvalue weighted by molar-refractivity contribution is 0.172. The van der Waals surface area contributed by atoms with Crippen LogP contribution in [-0.2, 0) is 4.74 Å². The Kier molecular flexibility index (Phi) is 6.10. The van der Waals surface area contributed by atoms with E-state index in [9.17, 15) is 0 Å². The quantitative estimate of drug-likeness (QED) is 0.870. The Morgan fingerprint density at radius 3 is 2.60 bits per heavy atom. The van der Waals surface area contributed by atoms with Gasteiger partial charge in [0.25, 0.3) is 0 Å². The maximum atomic E-state index is 6.25. The van der Waals surface area contributed by atoms with Gasteiger partial charge in [0, 0.05) is 52.5 Å². The number of hydrogen-bond donors (Lipinski definition) is 1. The molecule has 5 heteroatoms. The Balaban J connectivity index is 1.79. The van der Waals surface area contributed by atoms with Crippen molar-refractivity contribution in [2.75, 3.05) is 51.3 Å². The summed E-state index contributed by atoms with van der Waals surface area (Å²) in [5, 5.41) is 0.831. The van der Waals surface area contributed by atoms with Crippen LogP contribution in [0.15, 0.2) is 24.3 Å². The Bertz CT molecular complexity index is 408. The lowest BCUT2D eigenvalue weighted by atomic mass is 10.2. The number of piperazine rings is 1. The van der Waals surface area contributed by atoms with Gasteiger partial charge in [0.1, 0.15) is 0 Å². The summed E-state index contributed by atoms with van der Waals surface area (Å²) in [7, 11) is 1.72. The second-order valence-corrected chi connectivity index (χ2v) is 5.69. The van der Waals surface area contributed by atoms with E-state index in [2.05, 4.69) is 15.9 Å². The van der Waals surface area contributed by atoms with Gasteiger partial charge in [0.15, 0.2) is 0 Å². The topological polar surface area (TPSA) is 41.7 Å². The minimum Gasteiger partial charge on any atom is -0.385 e. The summed E-state index contributed by atoms with van der Waals surface area (Å²) in [6, 6.07) is 8.24. The minimum atomic E-state index is 0.196. The van der Waals surface area contributed by atoms with E-state index in [0.29, 0.717) is 0 Å². The van der Waals surface area contributed by atoms with Crippen LogP contribution in [0.25, 0.3) is 0 Å². The van der Waals surface area contributed by atoms with Crippen molar-refractivity contribution in [2.24, 2.45) is 5.73 Å². The first-order valence-corrected chi connectivity index (χ1v) is 7.55. The van der Waals surface area contributed by atoms with Crippen LogP contribution >= 0.6 is 11.6 Å². The van der Waals surface area contributed by atoms with Gasteiger partial charge in [-0.05, 0) is 18.6 Å². The summed E-state index contributed by atoms with van der Waals surface area (Å²) in [5.41, 5.74) is 7.24. The van der Waals surface area contributed by atoms with Crippen LogP contribution in [0.5, 0.6) is 0 Å². The molecule has 0 bridgehead atoms. The van der Waals surface area contributed by atoms with Gasteiger partial charge in [-0.2, -0.15) is 0 Å². The van der Waals surface area contributed by atoms with Crippen LogP contribution < -0.4 is 10.6 Å². The van der Waals surface area contributed by atoms with Gasteiger partial charge in [0.2, 0.25) is 0 Å². The fraction of sp³-hybridized carbons (Fsp3) is 0.600. The molecule has 0 amide bonds. The smallest absolute Gasteiger partial charge is 0.0639 e. The molecule has 1 aliphatic rings.